The number of nitrogens with zero attached hydrogens (tertiary/aromatic N) is 1. The Morgan fingerprint density at radius 2 is 2.20 bits per heavy atom. The molecule has 5 nitrogen and oxygen atoms in total. The van der Waals surface area contributed by atoms with Gasteiger partial charge in [-0.3, -0.25) is 9.59 Å². The molecule has 0 N–H and O–H groups in total. The predicted molar refractivity (Wildman–Crippen MR) is 53.4 cm³/mol. The van der Waals surface area contributed by atoms with Crippen molar-refractivity contribution in [1.29, 1.82) is 0 Å². The Balaban J connectivity index is 2.64. The average Bonchev–Trinajstić information content (AvgIpc) is 2.28. The summed E-state index contributed by atoms with van der Waals surface area (Å²) in [7, 11) is 2.75. The smallest absolute Gasteiger partial charge is 0.313 e. The first-order valence-electron chi connectivity index (χ1n) is 4.59. The van der Waals surface area contributed by atoms with Gasteiger partial charge in [0, 0.05) is 6.42 Å². The second kappa shape index (κ2) is 5.29. The second-order valence-corrected chi connectivity index (χ2v) is 3.01. The van der Waals surface area contributed by atoms with E-state index in [1.54, 1.807) is 6.08 Å². The minimum absolute atomic E-state index is 0.275. The fraction of sp³-hybridized carbons (Fsp3) is 0.500. The molecule has 5 heteroatoms. The summed E-state index contributed by atoms with van der Waals surface area (Å²) in [5.74, 6) is -0.373. The van der Waals surface area contributed by atoms with Crippen molar-refractivity contribution in [3.8, 4) is 0 Å². The molecule has 0 spiro atoms. The van der Waals surface area contributed by atoms with E-state index >= 15 is 0 Å². The summed E-state index contributed by atoms with van der Waals surface area (Å²) in [5, 5.41) is 0. The quantitative estimate of drug-likeness (QED) is 0.512. The average molecular weight is 211 g/mol. The van der Waals surface area contributed by atoms with Gasteiger partial charge >= 0.3 is 5.97 Å². The lowest BCUT2D eigenvalue weighted by Crippen LogP contribution is -2.14. The Kier molecular flexibility index (Phi) is 4.03. The molecule has 15 heavy (non-hydrogen) atoms. The number of rotatable bonds is 3. The Labute approximate surface area is 87.8 Å². The standard InChI is InChI=1S/C10H13NO4/c1-14-9-5-3-4-7(11-9)8(12)6-10(13)15-2/h4H,3,5-6H2,1-2H3. The maximum Gasteiger partial charge on any atom is 0.313 e. The van der Waals surface area contributed by atoms with Crippen LogP contribution in [0.1, 0.15) is 19.3 Å². The number of ether oxygens (including phenoxy) is 2. The number of carbonyl (C=O) groups is 2. The predicted octanol–water partition coefficient (Wildman–Crippen LogP) is 0.841. The lowest BCUT2D eigenvalue weighted by Gasteiger charge is -2.10. The first-order valence-corrected chi connectivity index (χ1v) is 4.59. The van der Waals surface area contributed by atoms with E-state index < -0.39 is 5.97 Å². The fourth-order valence-corrected chi connectivity index (χ4v) is 1.19. The molecule has 0 amide bonds. The van der Waals surface area contributed by atoms with E-state index in [1.807, 2.05) is 0 Å². The van der Waals surface area contributed by atoms with Gasteiger partial charge in [-0.1, -0.05) is 6.08 Å². The fourth-order valence-electron chi connectivity index (χ4n) is 1.19. The van der Waals surface area contributed by atoms with E-state index in [4.69, 9.17) is 4.74 Å². The topological polar surface area (TPSA) is 65.0 Å². The number of ketones is 1. The van der Waals surface area contributed by atoms with E-state index in [2.05, 4.69) is 9.73 Å². The van der Waals surface area contributed by atoms with Crippen LogP contribution in [0.4, 0.5) is 0 Å². The van der Waals surface area contributed by atoms with Crippen LogP contribution in [0.25, 0.3) is 0 Å². The van der Waals surface area contributed by atoms with Crippen molar-refractivity contribution >= 4 is 17.7 Å². The van der Waals surface area contributed by atoms with Gasteiger partial charge in [0.2, 0.25) is 0 Å². The summed E-state index contributed by atoms with van der Waals surface area (Å²) in [4.78, 5) is 26.3. The summed E-state index contributed by atoms with van der Waals surface area (Å²) in [6.07, 6.45) is 2.82. The third-order valence-corrected chi connectivity index (χ3v) is 1.99. The molecule has 0 bridgehead atoms. The van der Waals surface area contributed by atoms with Crippen molar-refractivity contribution in [1.82, 2.24) is 0 Å². The molecule has 0 fully saturated rings. The lowest BCUT2D eigenvalue weighted by atomic mass is 10.1. The lowest BCUT2D eigenvalue weighted by molar-refractivity contribution is -0.142. The van der Waals surface area contributed by atoms with Crippen LogP contribution in [0, 0.1) is 0 Å². The summed E-state index contributed by atoms with van der Waals surface area (Å²) in [6.45, 7) is 0. The number of allylic oxidation sites excluding steroid dienone is 2. The van der Waals surface area contributed by atoms with E-state index in [-0.39, 0.29) is 17.9 Å². The summed E-state index contributed by atoms with van der Waals surface area (Å²) < 4.78 is 9.34. The summed E-state index contributed by atoms with van der Waals surface area (Å²) in [6, 6.07) is 0. The molecule has 0 saturated heterocycles. The third kappa shape index (κ3) is 3.19. The van der Waals surface area contributed by atoms with Crippen LogP contribution in [-0.2, 0) is 19.1 Å². The number of Topliss-reactive ketones (excluding diaryl/α,β-unsaturated/α-hetero) is 1. The zero-order valence-corrected chi connectivity index (χ0v) is 8.78. The first kappa shape index (κ1) is 11.4. The highest BCUT2D eigenvalue weighted by atomic mass is 16.5. The van der Waals surface area contributed by atoms with Gasteiger partial charge in [0.1, 0.15) is 12.1 Å². The minimum Gasteiger partial charge on any atom is -0.484 e. The molecule has 0 aromatic heterocycles. The van der Waals surface area contributed by atoms with E-state index in [0.717, 1.165) is 0 Å². The molecule has 0 aromatic rings. The number of hydrogen-bond donors (Lipinski definition) is 0. The van der Waals surface area contributed by atoms with Crippen LogP contribution in [0.3, 0.4) is 0 Å². The molecule has 0 atom stereocenters. The molecule has 1 aliphatic rings. The molecule has 0 radical (unpaired) electrons. The molecule has 0 aromatic carbocycles. The van der Waals surface area contributed by atoms with Crippen molar-refractivity contribution in [2.45, 2.75) is 19.3 Å². The monoisotopic (exact) mass is 211 g/mol. The SMILES string of the molecule is COC(=O)CC(=O)C1=CCCC(OC)=N1. The molecule has 0 saturated carbocycles. The molecular weight excluding hydrogens is 198 g/mol. The largest absolute Gasteiger partial charge is 0.484 e. The Morgan fingerprint density at radius 1 is 1.47 bits per heavy atom. The highest BCUT2D eigenvalue weighted by molar-refractivity contribution is 6.06. The molecule has 0 aliphatic carbocycles. The normalized spacial score (nSPS) is 15.1. The number of methoxy groups -OCH3 is 2. The number of aliphatic imine (C=N–C) groups is 1. The van der Waals surface area contributed by atoms with Crippen LogP contribution < -0.4 is 0 Å². The minimum atomic E-state index is -0.555. The van der Waals surface area contributed by atoms with Gasteiger partial charge in [-0.25, -0.2) is 4.99 Å². The van der Waals surface area contributed by atoms with E-state index in [1.165, 1.54) is 14.2 Å². The first-order chi connectivity index (χ1) is 7.17. The molecule has 82 valence electrons. The Morgan fingerprint density at radius 3 is 2.80 bits per heavy atom. The van der Waals surface area contributed by atoms with Crippen molar-refractivity contribution in [2.24, 2.45) is 4.99 Å². The maximum absolute atomic E-state index is 11.5. The van der Waals surface area contributed by atoms with Gasteiger partial charge in [-0.2, -0.15) is 0 Å². The van der Waals surface area contributed by atoms with Gasteiger partial charge in [0.25, 0.3) is 0 Å². The van der Waals surface area contributed by atoms with Gasteiger partial charge in [0.15, 0.2) is 11.7 Å². The maximum atomic E-state index is 11.5. The zero-order chi connectivity index (χ0) is 11.3. The van der Waals surface area contributed by atoms with Crippen LogP contribution in [-0.4, -0.2) is 31.9 Å². The van der Waals surface area contributed by atoms with Gasteiger partial charge < -0.3 is 9.47 Å². The van der Waals surface area contributed by atoms with Crippen molar-refractivity contribution in [3.05, 3.63) is 11.8 Å². The van der Waals surface area contributed by atoms with Crippen molar-refractivity contribution in [2.75, 3.05) is 14.2 Å². The van der Waals surface area contributed by atoms with Crippen LogP contribution in [0.2, 0.25) is 0 Å². The summed E-state index contributed by atoms with van der Waals surface area (Å²) in [5.41, 5.74) is 0.281. The number of esters is 1. The van der Waals surface area contributed by atoms with Gasteiger partial charge in [0.05, 0.1) is 14.2 Å². The highest BCUT2D eigenvalue weighted by Gasteiger charge is 2.17. The van der Waals surface area contributed by atoms with Crippen molar-refractivity contribution < 1.29 is 19.1 Å². The molecular formula is C10H13NO4. The molecule has 1 aliphatic heterocycles. The Hall–Kier alpha value is -1.65. The van der Waals surface area contributed by atoms with Gasteiger partial charge in [-0.05, 0) is 6.42 Å². The van der Waals surface area contributed by atoms with Gasteiger partial charge in [-0.15, -0.1) is 0 Å². The molecule has 1 heterocycles. The third-order valence-electron chi connectivity index (χ3n) is 1.99. The second-order valence-electron chi connectivity index (χ2n) is 3.01. The van der Waals surface area contributed by atoms with Crippen LogP contribution in [0.15, 0.2) is 16.8 Å². The van der Waals surface area contributed by atoms with E-state index in [9.17, 15) is 9.59 Å². The number of hydrogen-bond acceptors (Lipinski definition) is 5. The van der Waals surface area contributed by atoms with E-state index in [0.29, 0.717) is 18.7 Å². The van der Waals surface area contributed by atoms with Crippen molar-refractivity contribution in [3.63, 3.8) is 0 Å². The summed E-state index contributed by atoms with van der Waals surface area (Å²) >= 11 is 0. The molecule has 1 rings (SSSR count). The van der Waals surface area contributed by atoms with Crippen LogP contribution in [0.5, 0.6) is 0 Å². The molecule has 0 unspecified atom stereocenters. The zero-order valence-electron chi connectivity index (χ0n) is 8.78. The number of carbonyl (C=O) groups excluding carboxylic acids is 2. The Bertz CT molecular complexity index is 330. The highest BCUT2D eigenvalue weighted by Crippen LogP contribution is 2.13. The van der Waals surface area contributed by atoms with Crippen LogP contribution >= 0.6 is 0 Å².